The predicted molar refractivity (Wildman–Crippen MR) is 115 cm³/mol. The molecule has 1 unspecified atom stereocenters. The lowest BCUT2D eigenvalue weighted by Gasteiger charge is -2.34. The molecular weight excluding hydrogens is 471 g/mol. The molecule has 0 bridgehead atoms. The van der Waals surface area contributed by atoms with Crippen molar-refractivity contribution in [3.8, 4) is 0 Å². The van der Waals surface area contributed by atoms with Gasteiger partial charge in [-0.25, -0.2) is 0 Å². The molecule has 3 heterocycles. The van der Waals surface area contributed by atoms with Gasteiger partial charge in [0.25, 0.3) is 5.91 Å². The maximum Gasteiger partial charge on any atom is 0.522 e. The first-order valence-electron chi connectivity index (χ1n) is 12.2. The van der Waals surface area contributed by atoms with Crippen molar-refractivity contribution in [2.45, 2.75) is 75.9 Å². The Kier molecular flexibility index (Phi) is 7.42. The molecule has 2 N–H and O–H groups in total. The molecule has 4 aliphatic rings. The monoisotopic (exact) mass is 503 g/mol. The predicted octanol–water partition coefficient (Wildman–Crippen LogP) is 1.30. The van der Waals surface area contributed by atoms with Gasteiger partial charge < -0.3 is 20.3 Å². The summed E-state index contributed by atoms with van der Waals surface area (Å²) in [6.45, 7) is 1.70. The second-order valence-electron chi connectivity index (χ2n) is 10.2. The number of amides is 3. The van der Waals surface area contributed by atoms with E-state index >= 15 is 0 Å². The van der Waals surface area contributed by atoms with Crippen LogP contribution in [-0.4, -0.2) is 78.8 Å². The van der Waals surface area contributed by atoms with E-state index in [1.54, 1.807) is 6.92 Å². The number of fused-ring (bicyclic) bond motifs is 1. The second kappa shape index (κ2) is 10.0. The molecule has 1 saturated carbocycles. The van der Waals surface area contributed by atoms with Gasteiger partial charge in [-0.05, 0) is 57.3 Å². The summed E-state index contributed by atoms with van der Waals surface area (Å²) < 4.78 is 47.0. The average molecular weight is 504 g/mol. The first-order valence-corrected chi connectivity index (χ1v) is 12.2. The van der Waals surface area contributed by atoms with E-state index in [1.807, 2.05) is 0 Å². The molecule has 1 aliphatic carbocycles. The maximum absolute atomic E-state index is 13.5. The molecular formula is C23H32F3N3O6. The number of carbonyl (C=O) groups excluding carboxylic acids is 4. The number of nitrogens with one attached hydrogen (secondary N) is 2. The number of rotatable bonds is 8. The van der Waals surface area contributed by atoms with Gasteiger partial charge in [-0.1, -0.05) is 6.42 Å². The van der Waals surface area contributed by atoms with Crippen molar-refractivity contribution in [1.29, 1.82) is 0 Å². The summed E-state index contributed by atoms with van der Waals surface area (Å²) in [7, 11) is 0. The van der Waals surface area contributed by atoms with Crippen LogP contribution in [0.5, 0.6) is 0 Å². The molecule has 0 spiro atoms. The Morgan fingerprint density at radius 1 is 1.26 bits per heavy atom. The van der Waals surface area contributed by atoms with Crippen molar-refractivity contribution < 1.29 is 41.8 Å². The number of halogens is 3. The Bertz CT molecular complexity index is 860. The summed E-state index contributed by atoms with van der Waals surface area (Å²) in [4.78, 5) is 53.2. The summed E-state index contributed by atoms with van der Waals surface area (Å²) in [6, 6.07) is -2.18. The molecule has 3 amide bonds. The molecule has 0 radical (unpaired) electrons. The third-order valence-corrected chi connectivity index (χ3v) is 7.86. The lowest BCUT2D eigenvalue weighted by Crippen LogP contribution is -2.57. The molecule has 0 aromatic carbocycles. The van der Waals surface area contributed by atoms with E-state index in [-0.39, 0.29) is 30.1 Å². The number of nitrogens with zero attached hydrogens (tertiary/aromatic N) is 1. The fraction of sp³-hybridized carbons (Fsp3) is 0.826. The number of hydrogen-bond donors (Lipinski definition) is 2. The summed E-state index contributed by atoms with van der Waals surface area (Å²) in [5.41, 5.74) is -1.02. The molecule has 196 valence electrons. The minimum atomic E-state index is -5.00. The standard InChI is InChI=1S/C23H32F3N3O6/c1-22(7-3-9-34-22)21(33)29-11-14-4-2-5-15(14)18(29)20(32)28-16(10-13-6-8-27-19(13)31)17(30)12-35-23(24,25)26/h13-16,18H,2-12H2,1H3,(H,27,31)(H,28,32)/t13-,14-,15-,16-,18-,22?/m0/s1. The first-order chi connectivity index (χ1) is 16.5. The van der Waals surface area contributed by atoms with E-state index < -0.39 is 48.3 Å². The summed E-state index contributed by atoms with van der Waals surface area (Å²) in [6.07, 6.45) is -0.918. The van der Waals surface area contributed by atoms with Gasteiger partial charge in [0.05, 0.1) is 6.04 Å². The van der Waals surface area contributed by atoms with Crippen molar-refractivity contribution in [3.05, 3.63) is 0 Å². The van der Waals surface area contributed by atoms with Crippen LogP contribution in [-0.2, 0) is 28.7 Å². The fourth-order valence-corrected chi connectivity index (χ4v) is 6.04. The number of ketones is 1. The number of ether oxygens (including phenoxy) is 2. The highest BCUT2D eigenvalue weighted by Crippen LogP contribution is 2.44. The minimum absolute atomic E-state index is 0.0964. The van der Waals surface area contributed by atoms with Gasteiger partial charge in [-0.2, -0.15) is 0 Å². The van der Waals surface area contributed by atoms with Crippen LogP contribution in [0, 0.1) is 17.8 Å². The van der Waals surface area contributed by atoms with Gasteiger partial charge >= 0.3 is 6.36 Å². The van der Waals surface area contributed by atoms with Gasteiger partial charge in [0.15, 0.2) is 5.78 Å². The van der Waals surface area contributed by atoms with Crippen LogP contribution >= 0.6 is 0 Å². The zero-order chi connectivity index (χ0) is 25.4. The Hall–Kier alpha value is -2.21. The van der Waals surface area contributed by atoms with Gasteiger partial charge in [-0.3, -0.25) is 23.9 Å². The number of hydrogen-bond acceptors (Lipinski definition) is 6. The largest absolute Gasteiger partial charge is 0.522 e. The van der Waals surface area contributed by atoms with Crippen molar-refractivity contribution in [1.82, 2.24) is 15.5 Å². The van der Waals surface area contributed by atoms with Crippen LogP contribution < -0.4 is 10.6 Å². The second-order valence-corrected chi connectivity index (χ2v) is 10.2. The zero-order valence-corrected chi connectivity index (χ0v) is 19.7. The van der Waals surface area contributed by atoms with Crippen LogP contribution in [0.15, 0.2) is 0 Å². The molecule has 12 heteroatoms. The lowest BCUT2D eigenvalue weighted by molar-refractivity contribution is -0.321. The Balaban J connectivity index is 1.52. The van der Waals surface area contributed by atoms with Crippen molar-refractivity contribution >= 4 is 23.5 Å². The number of alkyl halides is 3. The first kappa shape index (κ1) is 25.9. The Morgan fingerprint density at radius 2 is 2.03 bits per heavy atom. The van der Waals surface area contributed by atoms with E-state index in [2.05, 4.69) is 15.4 Å². The van der Waals surface area contributed by atoms with Crippen molar-refractivity contribution in [2.75, 3.05) is 26.3 Å². The normalized spacial score (nSPS) is 33.5. The van der Waals surface area contributed by atoms with Gasteiger partial charge in [0.1, 0.15) is 18.2 Å². The van der Waals surface area contributed by atoms with Crippen LogP contribution in [0.25, 0.3) is 0 Å². The molecule has 0 aromatic rings. The highest BCUT2D eigenvalue weighted by molar-refractivity contribution is 5.96. The van der Waals surface area contributed by atoms with Gasteiger partial charge in [0.2, 0.25) is 11.8 Å². The molecule has 6 atom stereocenters. The minimum Gasteiger partial charge on any atom is -0.365 e. The van der Waals surface area contributed by atoms with E-state index in [4.69, 9.17) is 4.74 Å². The molecule has 3 aliphatic heterocycles. The molecule has 3 saturated heterocycles. The maximum atomic E-state index is 13.5. The molecule has 4 rings (SSSR count). The smallest absolute Gasteiger partial charge is 0.365 e. The van der Waals surface area contributed by atoms with Gasteiger partial charge in [0, 0.05) is 25.6 Å². The van der Waals surface area contributed by atoms with E-state index in [9.17, 15) is 32.3 Å². The van der Waals surface area contributed by atoms with Crippen molar-refractivity contribution in [3.63, 3.8) is 0 Å². The van der Waals surface area contributed by atoms with Crippen LogP contribution in [0.3, 0.4) is 0 Å². The van der Waals surface area contributed by atoms with Gasteiger partial charge in [-0.15, -0.1) is 13.2 Å². The van der Waals surface area contributed by atoms with Crippen LogP contribution in [0.1, 0.15) is 51.9 Å². The fourth-order valence-electron chi connectivity index (χ4n) is 6.04. The SMILES string of the molecule is CC1(C(=O)N2C[C@@H]3CCC[C@@H]3[C@H]2C(=O)N[C@@H](C[C@@H]2CCNC2=O)C(=O)COC(F)(F)F)CCCO1. The van der Waals surface area contributed by atoms with Crippen LogP contribution in [0.4, 0.5) is 13.2 Å². The number of likely N-dealkylation sites (tertiary alicyclic amines) is 1. The highest BCUT2D eigenvalue weighted by Gasteiger charge is 2.53. The zero-order valence-electron chi connectivity index (χ0n) is 19.7. The third kappa shape index (κ3) is 5.63. The Labute approximate surface area is 201 Å². The third-order valence-electron chi connectivity index (χ3n) is 7.86. The highest BCUT2D eigenvalue weighted by atomic mass is 19.4. The average Bonchev–Trinajstić information content (AvgIpc) is 3.56. The number of Topliss-reactive ketones (excluding diaryl/α,β-unsaturated/α-hetero) is 1. The molecule has 9 nitrogen and oxygen atoms in total. The van der Waals surface area contributed by atoms with E-state index in [1.165, 1.54) is 4.90 Å². The summed E-state index contributed by atoms with van der Waals surface area (Å²) in [5, 5.41) is 5.22. The summed E-state index contributed by atoms with van der Waals surface area (Å²) in [5.74, 6) is -2.71. The quantitative estimate of drug-likeness (QED) is 0.516. The van der Waals surface area contributed by atoms with Crippen LogP contribution in [0.2, 0.25) is 0 Å². The topological polar surface area (TPSA) is 114 Å². The molecule has 0 aromatic heterocycles. The van der Waals surface area contributed by atoms with Crippen molar-refractivity contribution in [2.24, 2.45) is 17.8 Å². The number of carbonyl (C=O) groups is 4. The molecule has 4 fully saturated rings. The summed E-state index contributed by atoms with van der Waals surface area (Å²) >= 11 is 0. The van der Waals surface area contributed by atoms with E-state index in [0.717, 1.165) is 25.7 Å². The van der Waals surface area contributed by atoms with E-state index in [0.29, 0.717) is 32.5 Å². The Morgan fingerprint density at radius 3 is 2.66 bits per heavy atom. The lowest BCUT2D eigenvalue weighted by atomic mass is 9.91. The molecule has 35 heavy (non-hydrogen) atoms.